The highest BCUT2D eigenvalue weighted by Crippen LogP contribution is 2.01. The van der Waals surface area contributed by atoms with Crippen molar-refractivity contribution in [3.05, 3.63) is 35.9 Å². The predicted molar refractivity (Wildman–Crippen MR) is 59.5 cm³/mol. The van der Waals surface area contributed by atoms with Crippen LogP contribution in [0.5, 0.6) is 0 Å². The fourth-order valence-electron chi connectivity index (χ4n) is 1.47. The Kier molecular flexibility index (Phi) is 3.32. The molecule has 4 heteroatoms. The maximum Gasteiger partial charge on any atom is 0.142 e. The zero-order valence-electron chi connectivity index (χ0n) is 8.52. The minimum Gasteiger partial charge on any atom is -0.391 e. The van der Waals surface area contributed by atoms with Crippen LogP contribution in [-0.2, 0) is 11.4 Å². The van der Waals surface area contributed by atoms with Crippen LogP contribution in [0.2, 0.25) is 0 Å². The number of nitrogens with zero attached hydrogens (tertiary/aromatic N) is 1. The minimum atomic E-state index is 0.000716. The Morgan fingerprint density at radius 2 is 2.20 bits per heavy atom. The lowest BCUT2D eigenvalue weighted by atomic mass is 10.2. The molecular weight excluding hydrogens is 190 g/mol. The molecule has 1 heterocycles. The molecule has 1 aliphatic rings. The molecule has 1 aromatic carbocycles. The molecule has 0 spiro atoms. The number of nitrogens with one attached hydrogen (secondary N) is 1. The van der Waals surface area contributed by atoms with E-state index in [1.165, 1.54) is 0 Å². The van der Waals surface area contributed by atoms with Gasteiger partial charge in [0.25, 0.3) is 0 Å². The maximum absolute atomic E-state index is 5.79. The molecule has 0 aromatic heterocycles. The van der Waals surface area contributed by atoms with Crippen molar-refractivity contribution >= 4 is 5.71 Å². The van der Waals surface area contributed by atoms with E-state index < -0.39 is 0 Å². The standard InChI is InChI=1S/C11H15N3O/c12-10-6-13-7-11(10)14-15-8-9-4-2-1-3-5-9/h1-5,10,13H,6-8,12H2. The normalized spacial score (nSPS) is 23.3. The molecule has 1 aromatic rings. The zero-order chi connectivity index (χ0) is 10.5. The van der Waals surface area contributed by atoms with E-state index in [1.54, 1.807) is 0 Å². The van der Waals surface area contributed by atoms with Crippen molar-refractivity contribution in [2.45, 2.75) is 12.6 Å². The van der Waals surface area contributed by atoms with Crippen LogP contribution in [0.25, 0.3) is 0 Å². The van der Waals surface area contributed by atoms with Gasteiger partial charge in [-0.3, -0.25) is 0 Å². The number of oxime groups is 1. The Labute approximate surface area is 89.1 Å². The second-order valence-electron chi connectivity index (χ2n) is 3.58. The van der Waals surface area contributed by atoms with Gasteiger partial charge in [0.05, 0.1) is 11.8 Å². The molecular formula is C11H15N3O. The molecule has 2 rings (SSSR count). The Bertz CT molecular complexity index is 337. The molecule has 1 atom stereocenters. The van der Waals surface area contributed by atoms with E-state index in [0.717, 1.165) is 24.4 Å². The summed E-state index contributed by atoms with van der Waals surface area (Å²) < 4.78 is 0. The molecule has 1 unspecified atom stereocenters. The number of nitrogens with two attached hydrogens (primary N) is 1. The van der Waals surface area contributed by atoms with Crippen LogP contribution in [-0.4, -0.2) is 24.8 Å². The lowest BCUT2D eigenvalue weighted by Gasteiger charge is -2.03. The quantitative estimate of drug-likeness (QED) is 0.706. The largest absolute Gasteiger partial charge is 0.391 e. The number of hydrogen-bond donors (Lipinski definition) is 2. The van der Waals surface area contributed by atoms with Gasteiger partial charge in [0.15, 0.2) is 0 Å². The average Bonchev–Trinajstić information content (AvgIpc) is 2.66. The molecule has 1 saturated heterocycles. The van der Waals surface area contributed by atoms with Crippen LogP contribution >= 0.6 is 0 Å². The molecule has 15 heavy (non-hydrogen) atoms. The summed E-state index contributed by atoms with van der Waals surface area (Å²) >= 11 is 0. The summed E-state index contributed by atoms with van der Waals surface area (Å²) in [6.45, 7) is 2.01. The summed E-state index contributed by atoms with van der Waals surface area (Å²) in [6, 6.07) is 9.95. The van der Waals surface area contributed by atoms with Crippen molar-refractivity contribution in [1.82, 2.24) is 5.32 Å². The first-order valence-corrected chi connectivity index (χ1v) is 5.05. The topological polar surface area (TPSA) is 59.6 Å². The number of rotatable bonds is 3. The van der Waals surface area contributed by atoms with Crippen LogP contribution in [0.4, 0.5) is 0 Å². The minimum absolute atomic E-state index is 0.000716. The summed E-state index contributed by atoms with van der Waals surface area (Å²) in [4.78, 5) is 5.24. The van der Waals surface area contributed by atoms with E-state index in [1.807, 2.05) is 30.3 Å². The van der Waals surface area contributed by atoms with E-state index in [4.69, 9.17) is 10.6 Å². The summed E-state index contributed by atoms with van der Waals surface area (Å²) in [5.41, 5.74) is 7.79. The lowest BCUT2D eigenvalue weighted by Crippen LogP contribution is -2.29. The number of benzene rings is 1. The van der Waals surface area contributed by atoms with Gasteiger partial charge < -0.3 is 15.9 Å². The van der Waals surface area contributed by atoms with Gasteiger partial charge in [-0.05, 0) is 5.56 Å². The van der Waals surface area contributed by atoms with E-state index >= 15 is 0 Å². The maximum atomic E-state index is 5.79. The third-order valence-electron chi connectivity index (χ3n) is 2.35. The van der Waals surface area contributed by atoms with Gasteiger partial charge in [-0.2, -0.15) is 0 Å². The predicted octanol–water partition coefficient (Wildman–Crippen LogP) is 0.490. The fourth-order valence-corrected chi connectivity index (χ4v) is 1.47. The Balaban J connectivity index is 1.84. The van der Waals surface area contributed by atoms with Gasteiger partial charge >= 0.3 is 0 Å². The Morgan fingerprint density at radius 1 is 1.40 bits per heavy atom. The molecule has 4 nitrogen and oxygen atoms in total. The highest BCUT2D eigenvalue weighted by atomic mass is 16.6. The molecule has 1 aliphatic heterocycles. The first-order valence-electron chi connectivity index (χ1n) is 5.05. The van der Waals surface area contributed by atoms with E-state index in [2.05, 4.69) is 10.5 Å². The van der Waals surface area contributed by atoms with Gasteiger partial charge in [-0.1, -0.05) is 35.5 Å². The molecule has 0 saturated carbocycles. The van der Waals surface area contributed by atoms with Crippen LogP contribution in [0, 0.1) is 0 Å². The monoisotopic (exact) mass is 205 g/mol. The average molecular weight is 205 g/mol. The van der Waals surface area contributed by atoms with Gasteiger partial charge in [0, 0.05) is 13.1 Å². The van der Waals surface area contributed by atoms with Gasteiger partial charge in [-0.25, -0.2) is 0 Å². The molecule has 0 bridgehead atoms. The van der Waals surface area contributed by atoms with Gasteiger partial charge in [0.2, 0.25) is 0 Å². The third kappa shape index (κ3) is 2.78. The van der Waals surface area contributed by atoms with Crippen molar-refractivity contribution < 1.29 is 4.84 Å². The van der Waals surface area contributed by atoms with Crippen LogP contribution in [0.1, 0.15) is 5.56 Å². The summed E-state index contributed by atoms with van der Waals surface area (Å²) in [7, 11) is 0. The molecule has 1 fully saturated rings. The Hall–Kier alpha value is -1.39. The number of hydrogen-bond acceptors (Lipinski definition) is 4. The van der Waals surface area contributed by atoms with Crippen molar-refractivity contribution in [2.75, 3.05) is 13.1 Å². The van der Waals surface area contributed by atoms with Crippen molar-refractivity contribution in [1.29, 1.82) is 0 Å². The first kappa shape index (κ1) is 10.1. The lowest BCUT2D eigenvalue weighted by molar-refractivity contribution is 0.129. The van der Waals surface area contributed by atoms with Crippen molar-refractivity contribution in [2.24, 2.45) is 10.9 Å². The second-order valence-corrected chi connectivity index (χ2v) is 3.58. The van der Waals surface area contributed by atoms with Crippen molar-refractivity contribution in [3.8, 4) is 0 Å². The zero-order valence-corrected chi connectivity index (χ0v) is 8.52. The molecule has 0 aliphatic carbocycles. The fraction of sp³-hybridized carbons (Fsp3) is 0.364. The molecule has 0 radical (unpaired) electrons. The molecule has 80 valence electrons. The van der Waals surface area contributed by atoms with E-state index in [0.29, 0.717) is 6.61 Å². The van der Waals surface area contributed by atoms with Crippen LogP contribution in [0.3, 0.4) is 0 Å². The van der Waals surface area contributed by atoms with Crippen molar-refractivity contribution in [3.63, 3.8) is 0 Å². The van der Waals surface area contributed by atoms with E-state index in [9.17, 15) is 0 Å². The highest BCUT2D eigenvalue weighted by molar-refractivity contribution is 5.92. The van der Waals surface area contributed by atoms with Gasteiger partial charge in [-0.15, -0.1) is 0 Å². The molecule has 0 amide bonds. The third-order valence-corrected chi connectivity index (χ3v) is 2.35. The summed E-state index contributed by atoms with van der Waals surface area (Å²) in [5, 5.41) is 7.16. The molecule has 3 N–H and O–H groups in total. The summed E-state index contributed by atoms with van der Waals surface area (Å²) in [6.07, 6.45) is 0. The Morgan fingerprint density at radius 3 is 2.87 bits per heavy atom. The SMILES string of the molecule is NC1CNCC1=NOCc1ccccc1. The second kappa shape index (κ2) is 4.91. The van der Waals surface area contributed by atoms with Crippen LogP contribution < -0.4 is 11.1 Å². The van der Waals surface area contributed by atoms with E-state index in [-0.39, 0.29) is 6.04 Å². The summed E-state index contributed by atoms with van der Waals surface area (Å²) in [5.74, 6) is 0. The van der Waals surface area contributed by atoms with Crippen LogP contribution in [0.15, 0.2) is 35.5 Å². The highest BCUT2D eigenvalue weighted by Gasteiger charge is 2.18. The van der Waals surface area contributed by atoms with Gasteiger partial charge in [0.1, 0.15) is 6.61 Å². The smallest absolute Gasteiger partial charge is 0.142 e. The first-order chi connectivity index (χ1) is 7.36.